The third-order valence-electron chi connectivity index (χ3n) is 2.88. The lowest BCUT2D eigenvalue weighted by molar-refractivity contribution is 0.572. The van der Waals surface area contributed by atoms with Gasteiger partial charge < -0.3 is 5.73 Å². The molecule has 0 fully saturated rings. The van der Waals surface area contributed by atoms with Crippen LogP contribution in [0.25, 0.3) is 0 Å². The van der Waals surface area contributed by atoms with Crippen LogP contribution < -0.4 is 10.5 Å². The first kappa shape index (κ1) is 14.3. The quantitative estimate of drug-likeness (QED) is 0.852. The molecule has 0 bridgehead atoms. The van der Waals surface area contributed by atoms with Crippen LogP contribution in [0.15, 0.2) is 47.4 Å². The van der Waals surface area contributed by atoms with Gasteiger partial charge >= 0.3 is 0 Å². The molecule has 2 rings (SSSR count). The molecule has 0 heterocycles. The Balaban J connectivity index is 2.35. The van der Waals surface area contributed by atoms with E-state index in [2.05, 4.69) is 4.72 Å². The van der Waals surface area contributed by atoms with Gasteiger partial charge in [0.1, 0.15) is 10.7 Å². The minimum absolute atomic E-state index is 0.123. The van der Waals surface area contributed by atoms with Crippen molar-refractivity contribution in [1.82, 2.24) is 0 Å². The monoisotopic (exact) mass is 294 g/mol. The summed E-state index contributed by atoms with van der Waals surface area (Å²) in [6.07, 6.45) is 0.854. The molecule has 0 spiro atoms. The van der Waals surface area contributed by atoms with E-state index in [1.807, 2.05) is 19.1 Å². The van der Waals surface area contributed by atoms with Gasteiger partial charge in [-0.15, -0.1) is 0 Å². The van der Waals surface area contributed by atoms with Gasteiger partial charge in [0.2, 0.25) is 0 Å². The van der Waals surface area contributed by atoms with Gasteiger partial charge in [-0.3, -0.25) is 4.72 Å². The molecule has 0 aliphatic rings. The minimum atomic E-state index is -4.04. The van der Waals surface area contributed by atoms with Crippen LogP contribution in [0.3, 0.4) is 0 Å². The number of rotatable bonds is 4. The predicted octanol–water partition coefficient (Wildman–Crippen LogP) is 2.77. The lowest BCUT2D eigenvalue weighted by atomic mass is 10.2. The fraction of sp³-hybridized carbons (Fsp3) is 0.143. The average Bonchev–Trinajstić information content (AvgIpc) is 2.38. The van der Waals surface area contributed by atoms with E-state index in [4.69, 9.17) is 5.73 Å². The van der Waals surface area contributed by atoms with Gasteiger partial charge in [-0.05, 0) is 36.2 Å². The SMILES string of the molecule is CCc1ccc(NS(=O)(=O)c2c(N)cccc2F)cc1. The molecule has 0 aromatic heterocycles. The molecule has 3 N–H and O–H groups in total. The molecule has 20 heavy (non-hydrogen) atoms. The first-order valence-corrected chi connectivity index (χ1v) is 7.58. The van der Waals surface area contributed by atoms with Crippen LogP contribution in [0, 0.1) is 5.82 Å². The average molecular weight is 294 g/mol. The van der Waals surface area contributed by atoms with Gasteiger partial charge in [-0.25, -0.2) is 12.8 Å². The summed E-state index contributed by atoms with van der Waals surface area (Å²) < 4.78 is 40.3. The number of aryl methyl sites for hydroxylation is 1. The molecule has 0 saturated heterocycles. The largest absolute Gasteiger partial charge is 0.398 e. The second kappa shape index (κ2) is 5.50. The number of nitrogen functional groups attached to an aromatic ring is 1. The van der Waals surface area contributed by atoms with Crippen molar-refractivity contribution in [1.29, 1.82) is 0 Å². The van der Waals surface area contributed by atoms with E-state index in [0.29, 0.717) is 5.69 Å². The smallest absolute Gasteiger partial charge is 0.266 e. The lowest BCUT2D eigenvalue weighted by Crippen LogP contribution is -2.16. The number of sulfonamides is 1. The maximum absolute atomic E-state index is 13.7. The Labute approximate surface area is 117 Å². The van der Waals surface area contributed by atoms with Gasteiger partial charge in [0, 0.05) is 5.69 Å². The topological polar surface area (TPSA) is 72.2 Å². The molecule has 0 unspecified atom stereocenters. The predicted molar refractivity (Wildman–Crippen MR) is 77.4 cm³/mol. The van der Waals surface area contributed by atoms with Gasteiger partial charge in [-0.2, -0.15) is 0 Å². The van der Waals surface area contributed by atoms with Crippen molar-refractivity contribution in [2.75, 3.05) is 10.5 Å². The molecular formula is C14H15FN2O2S. The zero-order valence-corrected chi connectivity index (χ0v) is 11.7. The fourth-order valence-corrected chi connectivity index (χ4v) is 3.08. The molecule has 0 saturated carbocycles. The van der Waals surface area contributed by atoms with Crippen molar-refractivity contribution < 1.29 is 12.8 Å². The van der Waals surface area contributed by atoms with Gasteiger partial charge in [0.25, 0.3) is 10.0 Å². The maximum atomic E-state index is 13.7. The van der Waals surface area contributed by atoms with E-state index in [9.17, 15) is 12.8 Å². The van der Waals surface area contributed by atoms with Gasteiger partial charge in [0.05, 0.1) is 5.69 Å². The van der Waals surface area contributed by atoms with Crippen molar-refractivity contribution in [3.05, 3.63) is 53.8 Å². The summed E-state index contributed by atoms with van der Waals surface area (Å²) in [5, 5.41) is 0. The molecule has 6 heteroatoms. The number of nitrogens with two attached hydrogens (primary N) is 1. The zero-order valence-electron chi connectivity index (χ0n) is 10.9. The van der Waals surface area contributed by atoms with Gasteiger partial charge in [0.15, 0.2) is 0 Å². The molecule has 0 radical (unpaired) electrons. The van der Waals surface area contributed by atoms with Crippen LogP contribution in [0.4, 0.5) is 15.8 Å². The third kappa shape index (κ3) is 2.91. The molecule has 0 atom stereocenters. The van der Waals surface area contributed by atoms with Crippen LogP contribution in [-0.2, 0) is 16.4 Å². The summed E-state index contributed by atoms with van der Waals surface area (Å²) in [7, 11) is -4.04. The van der Waals surface area contributed by atoms with Crippen molar-refractivity contribution >= 4 is 21.4 Å². The molecule has 0 aliphatic heterocycles. The van der Waals surface area contributed by atoms with Crippen LogP contribution in [-0.4, -0.2) is 8.42 Å². The van der Waals surface area contributed by atoms with E-state index in [1.54, 1.807) is 12.1 Å². The third-order valence-corrected chi connectivity index (χ3v) is 4.35. The molecule has 0 aliphatic carbocycles. The number of hydrogen-bond acceptors (Lipinski definition) is 3. The summed E-state index contributed by atoms with van der Waals surface area (Å²) in [5.74, 6) is -0.873. The number of nitrogens with one attached hydrogen (secondary N) is 1. The maximum Gasteiger partial charge on any atom is 0.266 e. The fourth-order valence-electron chi connectivity index (χ4n) is 1.82. The molecule has 4 nitrogen and oxygen atoms in total. The number of halogens is 1. The Morgan fingerprint density at radius 2 is 1.80 bits per heavy atom. The first-order chi connectivity index (χ1) is 9.44. The summed E-state index contributed by atoms with van der Waals surface area (Å²) in [6, 6.07) is 10.6. The summed E-state index contributed by atoms with van der Waals surface area (Å²) >= 11 is 0. The van der Waals surface area contributed by atoms with Crippen molar-refractivity contribution in [2.45, 2.75) is 18.2 Å². The Kier molecular flexibility index (Phi) is 3.94. The number of hydrogen-bond donors (Lipinski definition) is 2. The van der Waals surface area contributed by atoms with E-state index in [-0.39, 0.29) is 5.69 Å². The van der Waals surface area contributed by atoms with Crippen LogP contribution in [0.2, 0.25) is 0 Å². The van der Waals surface area contributed by atoms with Crippen molar-refractivity contribution in [3.8, 4) is 0 Å². The van der Waals surface area contributed by atoms with Crippen LogP contribution in [0.1, 0.15) is 12.5 Å². The highest BCUT2D eigenvalue weighted by Crippen LogP contribution is 2.24. The summed E-state index contributed by atoms with van der Waals surface area (Å²) in [5.41, 5.74) is 6.87. The number of anilines is 2. The van der Waals surface area contributed by atoms with Crippen LogP contribution >= 0.6 is 0 Å². The molecular weight excluding hydrogens is 279 g/mol. The standard InChI is InChI=1S/C14H15FN2O2S/c1-2-10-6-8-11(9-7-10)17-20(18,19)14-12(15)4-3-5-13(14)16/h3-9,17H,2,16H2,1H3. The van der Waals surface area contributed by atoms with Crippen molar-refractivity contribution in [3.63, 3.8) is 0 Å². The Morgan fingerprint density at radius 1 is 1.15 bits per heavy atom. The van der Waals surface area contributed by atoms with E-state index < -0.39 is 20.7 Å². The van der Waals surface area contributed by atoms with E-state index in [1.165, 1.54) is 12.1 Å². The van der Waals surface area contributed by atoms with Crippen LogP contribution in [0.5, 0.6) is 0 Å². The van der Waals surface area contributed by atoms with Crippen molar-refractivity contribution in [2.24, 2.45) is 0 Å². The summed E-state index contributed by atoms with van der Waals surface area (Å²) in [4.78, 5) is -0.528. The first-order valence-electron chi connectivity index (χ1n) is 6.10. The normalized spacial score (nSPS) is 11.3. The summed E-state index contributed by atoms with van der Waals surface area (Å²) in [6.45, 7) is 2.00. The Hall–Kier alpha value is -2.08. The Morgan fingerprint density at radius 3 is 2.35 bits per heavy atom. The molecule has 0 amide bonds. The lowest BCUT2D eigenvalue weighted by Gasteiger charge is -2.11. The highest BCUT2D eigenvalue weighted by atomic mass is 32.2. The molecule has 2 aromatic rings. The Bertz CT molecular complexity index is 692. The second-order valence-electron chi connectivity index (χ2n) is 4.31. The van der Waals surface area contributed by atoms with E-state index >= 15 is 0 Å². The minimum Gasteiger partial charge on any atom is -0.398 e. The highest BCUT2D eigenvalue weighted by molar-refractivity contribution is 7.92. The highest BCUT2D eigenvalue weighted by Gasteiger charge is 2.22. The number of benzene rings is 2. The second-order valence-corrected chi connectivity index (χ2v) is 5.93. The molecule has 2 aromatic carbocycles. The van der Waals surface area contributed by atoms with Gasteiger partial charge in [-0.1, -0.05) is 25.1 Å². The molecule has 106 valence electrons. The van der Waals surface area contributed by atoms with E-state index in [0.717, 1.165) is 18.1 Å². The zero-order chi connectivity index (χ0) is 14.8.